The molecule has 174 valence electrons. The average Bonchev–Trinajstić information content (AvgIpc) is 2.75. The van der Waals surface area contributed by atoms with Crippen molar-refractivity contribution < 1.29 is 4.43 Å². The first kappa shape index (κ1) is 26.0. The van der Waals surface area contributed by atoms with Crippen molar-refractivity contribution in [3.63, 3.8) is 0 Å². The van der Waals surface area contributed by atoms with Gasteiger partial charge in [0.05, 0.1) is 0 Å². The molecule has 0 aliphatic heterocycles. The molecule has 0 heterocycles. The first-order chi connectivity index (χ1) is 15.1. The third kappa shape index (κ3) is 5.21. The predicted octanol–water partition coefficient (Wildman–Crippen LogP) is 8.86. The van der Waals surface area contributed by atoms with Crippen LogP contribution in [0.25, 0.3) is 5.01 Å². The van der Waals surface area contributed by atoms with Crippen molar-refractivity contribution in [2.24, 2.45) is 0 Å². The lowest BCUT2D eigenvalue weighted by atomic mass is 9.72. The summed E-state index contributed by atoms with van der Waals surface area (Å²) in [4.78, 5) is 0. The van der Waals surface area contributed by atoms with Crippen LogP contribution in [-0.2, 0) is 5.41 Å². The highest BCUT2D eigenvalue weighted by molar-refractivity contribution is 6.78. The van der Waals surface area contributed by atoms with E-state index in [-0.39, 0.29) is 0 Å². The van der Waals surface area contributed by atoms with Gasteiger partial charge in [0.15, 0.2) is 5.41 Å². The molecule has 0 saturated heterocycles. The van der Waals surface area contributed by atoms with Crippen molar-refractivity contribution in [1.82, 2.24) is 0 Å². The Morgan fingerprint density at radius 3 is 1.75 bits per heavy atom. The fraction of sp³-hybridized carbons (Fsp3) is 0.536. The van der Waals surface area contributed by atoms with Gasteiger partial charge in [0.25, 0.3) is 8.32 Å². The molecule has 32 heavy (non-hydrogen) atoms. The Morgan fingerprint density at radius 2 is 1.34 bits per heavy atom. The maximum absolute atomic E-state index is 11.5. The van der Waals surface area contributed by atoms with Gasteiger partial charge in [0.2, 0.25) is 0 Å². The summed E-state index contributed by atoms with van der Waals surface area (Å²) in [7, 11) is -2.02. The summed E-state index contributed by atoms with van der Waals surface area (Å²) in [6, 6.07) is 19.7. The number of rotatable bonds is 10. The summed E-state index contributed by atoms with van der Waals surface area (Å²) in [6.07, 6.45) is 2.82. The normalized spacial score (nSPS) is 13.7. The van der Waals surface area contributed by atoms with Crippen molar-refractivity contribution in [1.29, 1.82) is 0 Å². The Kier molecular flexibility index (Phi) is 8.98. The van der Waals surface area contributed by atoms with E-state index in [4.69, 9.17) is 4.43 Å². The van der Waals surface area contributed by atoms with E-state index in [0.717, 1.165) is 36.1 Å². The molecule has 0 aliphatic rings. The number of nitrogens with zero attached hydrogens (tertiary/aromatic N) is 1. The van der Waals surface area contributed by atoms with Crippen LogP contribution in [0, 0.1) is 18.2 Å². The molecule has 0 amide bonds. The van der Waals surface area contributed by atoms with Crippen LogP contribution in [0.15, 0.2) is 48.5 Å². The van der Waals surface area contributed by atoms with Crippen LogP contribution in [0.3, 0.4) is 0 Å². The zero-order valence-corrected chi connectivity index (χ0v) is 22.2. The van der Waals surface area contributed by atoms with Gasteiger partial charge in [-0.05, 0) is 53.2 Å². The minimum atomic E-state index is -2.02. The molecule has 1 unspecified atom stereocenters. The molecule has 0 aromatic heterocycles. The minimum absolute atomic E-state index is 0.513. The quantitative estimate of drug-likeness (QED) is 0.267. The average molecular weight is 452 g/mol. The number of hydrogen-bond donors (Lipinski definition) is 0. The second kappa shape index (κ2) is 11.1. The summed E-state index contributed by atoms with van der Waals surface area (Å²) >= 11 is 0. The number of unbranched alkanes of at least 4 members (excludes halogenated alkanes) is 1. The van der Waals surface area contributed by atoms with E-state index in [0.29, 0.717) is 16.6 Å². The lowest BCUT2D eigenvalue weighted by molar-refractivity contribution is 0.479. The molecule has 0 saturated carbocycles. The van der Waals surface area contributed by atoms with Gasteiger partial charge in [-0.1, -0.05) is 103 Å². The summed E-state index contributed by atoms with van der Waals surface area (Å²) in [5, 5.41) is 14.7. The highest BCUT2D eigenvalue weighted by Crippen LogP contribution is 2.43. The van der Waals surface area contributed by atoms with E-state index in [2.05, 4.69) is 115 Å². The standard InChI is InChI=1S/C28H41NO2Si/c1-9-10-19-28(20-29-30,25-13-11-24(8)12-14-25)26-15-17-27(18-16-26)31-32(21(2)3,22(4)5)23(6)7/h11-18,21-23H,9-10,19H2,1-8H3. The largest absolute Gasteiger partial charge is 0.543 e. The second-order valence-electron chi connectivity index (χ2n) is 10.0. The third-order valence-electron chi connectivity index (χ3n) is 7.04. The van der Waals surface area contributed by atoms with E-state index >= 15 is 0 Å². The smallest absolute Gasteiger partial charge is 0.314 e. The molecule has 1 atom stereocenters. The molecule has 0 fully saturated rings. The number of aryl methyl sites for hydroxylation is 1. The summed E-state index contributed by atoms with van der Waals surface area (Å²) in [5.74, 6) is 0.920. The summed E-state index contributed by atoms with van der Waals surface area (Å²) in [5.41, 5.74) is 4.18. The zero-order valence-electron chi connectivity index (χ0n) is 21.2. The lowest BCUT2D eigenvalue weighted by Gasteiger charge is -2.42. The number of hydrogen-bond acceptors (Lipinski definition) is 2. The van der Waals surface area contributed by atoms with Gasteiger partial charge in [-0.15, -0.1) is 0 Å². The third-order valence-corrected chi connectivity index (χ3v) is 13.0. The maximum atomic E-state index is 11.5. The first-order valence-electron chi connectivity index (χ1n) is 12.1. The lowest BCUT2D eigenvalue weighted by Crippen LogP contribution is -2.50. The van der Waals surface area contributed by atoms with Crippen molar-refractivity contribution in [2.45, 2.75) is 96.7 Å². The highest BCUT2D eigenvalue weighted by atomic mass is 28.4. The van der Waals surface area contributed by atoms with Gasteiger partial charge < -0.3 is 9.63 Å². The summed E-state index contributed by atoms with van der Waals surface area (Å²) in [6.45, 7) is 18.0. The van der Waals surface area contributed by atoms with Gasteiger partial charge in [-0.2, -0.15) is 0 Å². The van der Waals surface area contributed by atoms with Crippen molar-refractivity contribution in [3.8, 4) is 11.8 Å². The van der Waals surface area contributed by atoms with E-state index in [9.17, 15) is 5.21 Å². The Labute approximate surface area is 196 Å². The maximum Gasteiger partial charge on any atom is 0.314 e. The van der Waals surface area contributed by atoms with Crippen LogP contribution in [0.5, 0.6) is 5.75 Å². The van der Waals surface area contributed by atoms with E-state index < -0.39 is 13.7 Å². The van der Waals surface area contributed by atoms with Gasteiger partial charge in [0, 0.05) is 5.01 Å². The van der Waals surface area contributed by atoms with Crippen LogP contribution in [0.1, 0.15) is 84.4 Å². The van der Waals surface area contributed by atoms with Crippen LogP contribution < -0.4 is 4.43 Å². The van der Waals surface area contributed by atoms with E-state index in [1.807, 2.05) is 0 Å². The Balaban J connectivity index is 2.53. The molecule has 2 aromatic carbocycles. The Hall–Kier alpha value is -2.25. The molecule has 0 spiro atoms. The molecule has 2 rings (SSSR count). The zero-order chi connectivity index (χ0) is 23.9. The molecule has 0 bridgehead atoms. The van der Waals surface area contributed by atoms with Crippen molar-refractivity contribution in [2.75, 3.05) is 0 Å². The van der Waals surface area contributed by atoms with Crippen LogP contribution in [0.4, 0.5) is 0 Å². The van der Waals surface area contributed by atoms with Gasteiger partial charge in [-0.3, -0.25) is 0 Å². The molecule has 2 aromatic rings. The Morgan fingerprint density at radius 1 is 0.875 bits per heavy atom. The monoisotopic (exact) mass is 451 g/mol. The number of benzene rings is 2. The minimum Gasteiger partial charge on any atom is -0.543 e. The fourth-order valence-electron chi connectivity index (χ4n) is 5.36. The van der Waals surface area contributed by atoms with Crippen LogP contribution in [-0.4, -0.2) is 8.32 Å². The van der Waals surface area contributed by atoms with E-state index in [1.165, 1.54) is 5.56 Å². The molecular weight excluding hydrogens is 410 g/mol. The molecular formula is C28H41NO2Si. The summed E-state index contributed by atoms with van der Waals surface area (Å²) < 4.78 is 6.85. The highest BCUT2D eigenvalue weighted by Gasteiger charge is 2.47. The Bertz CT molecular complexity index is 885. The fourth-order valence-corrected chi connectivity index (χ4v) is 10.6. The molecule has 0 N–H and O–H groups in total. The first-order valence-corrected chi connectivity index (χ1v) is 14.2. The van der Waals surface area contributed by atoms with E-state index in [1.54, 1.807) is 0 Å². The van der Waals surface area contributed by atoms with Gasteiger partial charge in [-0.25, -0.2) is 0 Å². The van der Waals surface area contributed by atoms with Crippen LogP contribution >= 0.6 is 0 Å². The van der Waals surface area contributed by atoms with Gasteiger partial charge in [0.1, 0.15) is 5.75 Å². The van der Waals surface area contributed by atoms with Crippen molar-refractivity contribution >= 4 is 8.32 Å². The predicted molar refractivity (Wildman–Crippen MR) is 140 cm³/mol. The topological polar surface area (TPSA) is 36.6 Å². The van der Waals surface area contributed by atoms with Crippen molar-refractivity contribution in [3.05, 3.63) is 75.4 Å². The molecule has 3 nitrogen and oxygen atoms in total. The SMILES string of the molecule is CCCCC(C#[N+][O-])(c1ccc(C)cc1)c1ccc(O[Si](C(C)C)(C(C)C)C(C)C)cc1. The van der Waals surface area contributed by atoms with Gasteiger partial charge >= 0.3 is 6.07 Å². The molecule has 0 radical (unpaired) electrons. The van der Waals surface area contributed by atoms with Crippen LogP contribution in [0.2, 0.25) is 16.6 Å². The molecule has 4 heteroatoms. The second-order valence-corrected chi connectivity index (χ2v) is 15.4. The molecule has 0 aliphatic carbocycles.